The van der Waals surface area contributed by atoms with Crippen molar-refractivity contribution < 1.29 is 57.3 Å². The fourth-order valence-corrected chi connectivity index (χ4v) is 5.50. The minimum Gasteiger partial charge on any atom is -0.461 e. The number of esters is 2. The van der Waals surface area contributed by atoms with Crippen LogP contribution in [0.2, 0.25) is 0 Å². The standard InChI is InChI=1S/C22H28N4O7S.C17H20N4O5S.ClH/c1-5-30-18(27)17(26-32-12-11-23-20(28)33-22(2,3)4)16-14-34-19(24-16)25-21(29)31-13-15-9-7-6-8-10-15;1-2-24-15(22)14(21-26-9-8-18)13-11-27-16(19-13)20-17(23)25-10-12-6-4-3-5-7-12;/h6-10,14H,5,11-13H2,1-4H3,(H,23,28)(H,24,25,29);3-7,11H,2,8-10,18H2,1H3,(H,19,20,23);1H/b26-17-;21-14-;. The Kier molecular flexibility index (Phi) is 23.6. The third-order valence-electron chi connectivity index (χ3n) is 6.66. The second-order valence-electron chi connectivity index (χ2n) is 12.7. The molecule has 2 heterocycles. The summed E-state index contributed by atoms with van der Waals surface area (Å²) in [6, 6.07) is 18.5. The second-order valence-corrected chi connectivity index (χ2v) is 14.4. The summed E-state index contributed by atoms with van der Waals surface area (Å²) >= 11 is 2.19. The Morgan fingerprint density at radius 3 is 1.50 bits per heavy atom. The molecule has 2 aromatic heterocycles. The molecule has 0 bridgehead atoms. The molecule has 5 N–H and O–H groups in total. The predicted molar refractivity (Wildman–Crippen MR) is 234 cm³/mol. The number of nitrogens with one attached hydrogen (secondary N) is 3. The van der Waals surface area contributed by atoms with Crippen molar-refractivity contribution in [1.29, 1.82) is 0 Å². The molecule has 4 rings (SSSR count). The number of amides is 3. The number of oxime groups is 2. The van der Waals surface area contributed by atoms with Gasteiger partial charge in [-0.1, -0.05) is 71.0 Å². The molecule has 4 aromatic rings. The molecule has 0 unspecified atom stereocenters. The molecule has 0 radical (unpaired) electrons. The Labute approximate surface area is 371 Å². The summed E-state index contributed by atoms with van der Waals surface area (Å²) in [7, 11) is 0. The fourth-order valence-electron chi connectivity index (χ4n) is 4.13. The Morgan fingerprint density at radius 1 is 0.661 bits per heavy atom. The van der Waals surface area contributed by atoms with Crippen LogP contribution in [0.15, 0.2) is 81.7 Å². The Hall–Kier alpha value is -6.36. The van der Waals surface area contributed by atoms with Gasteiger partial charge in [0, 0.05) is 17.3 Å². The Bertz CT molecular complexity index is 2060. The van der Waals surface area contributed by atoms with Gasteiger partial charge in [-0.15, -0.1) is 35.1 Å². The average molecular weight is 921 g/mol. The number of nitrogens with two attached hydrogens (primary N) is 1. The minimum absolute atomic E-state index is 0. The largest absolute Gasteiger partial charge is 0.461 e. The number of carbonyl (C=O) groups is 5. The van der Waals surface area contributed by atoms with Crippen LogP contribution in [0, 0.1) is 0 Å². The van der Waals surface area contributed by atoms with E-state index < -0.39 is 35.8 Å². The number of benzene rings is 2. The number of halogens is 1. The second kappa shape index (κ2) is 28.2. The maximum Gasteiger partial charge on any atom is 0.413 e. The molecule has 23 heteroatoms. The van der Waals surface area contributed by atoms with E-state index in [1.807, 2.05) is 60.7 Å². The molecular weight excluding hydrogens is 872 g/mol. The first kappa shape index (κ1) is 51.8. The summed E-state index contributed by atoms with van der Waals surface area (Å²) in [4.78, 5) is 78.3. The molecule has 0 aliphatic carbocycles. The van der Waals surface area contributed by atoms with E-state index >= 15 is 0 Å². The number of thiazole rings is 2. The van der Waals surface area contributed by atoms with Crippen LogP contribution in [0.3, 0.4) is 0 Å². The molecule has 2 aromatic carbocycles. The predicted octanol–water partition coefficient (Wildman–Crippen LogP) is 6.26. The smallest absolute Gasteiger partial charge is 0.413 e. The molecule has 20 nitrogen and oxygen atoms in total. The van der Waals surface area contributed by atoms with Gasteiger partial charge in [0.1, 0.15) is 43.4 Å². The van der Waals surface area contributed by atoms with Gasteiger partial charge < -0.3 is 44.4 Å². The lowest BCUT2D eigenvalue weighted by molar-refractivity contribution is -0.136. The van der Waals surface area contributed by atoms with Gasteiger partial charge >= 0.3 is 30.2 Å². The zero-order chi connectivity index (χ0) is 44.5. The van der Waals surface area contributed by atoms with Crippen molar-refractivity contribution in [2.75, 3.05) is 50.2 Å². The van der Waals surface area contributed by atoms with Crippen molar-refractivity contribution in [3.05, 3.63) is 93.9 Å². The first-order valence-corrected chi connectivity index (χ1v) is 20.4. The van der Waals surface area contributed by atoms with E-state index in [1.165, 1.54) is 5.38 Å². The number of aromatic nitrogens is 2. The van der Waals surface area contributed by atoms with Gasteiger partial charge in [0.15, 0.2) is 10.3 Å². The SMILES string of the molecule is CCOC(=O)/C(=N\OCCN)c1csc(NC(=O)OCc2ccccc2)n1.CCOC(=O)/C(=N\OCCNC(=O)OC(C)(C)C)c1csc(NC(=O)OCc2ccccc2)n1.Cl. The van der Waals surface area contributed by atoms with E-state index in [4.69, 9.17) is 39.1 Å². The normalized spacial score (nSPS) is 11.0. The van der Waals surface area contributed by atoms with E-state index in [-0.39, 0.29) is 98.2 Å². The molecule has 0 saturated heterocycles. The highest BCUT2D eigenvalue weighted by atomic mass is 35.5. The first-order chi connectivity index (χ1) is 29.3. The molecule has 0 spiro atoms. The number of hydrogen-bond acceptors (Lipinski definition) is 19. The van der Waals surface area contributed by atoms with E-state index in [9.17, 15) is 24.0 Å². The zero-order valence-corrected chi connectivity index (χ0v) is 37.0. The summed E-state index contributed by atoms with van der Waals surface area (Å²) in [5, 5.41) is 18.6. The first-order valence-electron chi connectivity index (χ1n) is 18.6. The summed E-state index contributed by atoms with van der Waals surface area (Å²) in [5.41, 5.74) is 6.50. The molecular formula is C39H49ClN8O12S2. The molecule has 0 fully saturated rings. The van der Waals surface area contributed by atoms with Crippen LogP contribution < -0.4 is 21.7 Å². The van der Waals surface area contributed by atoms with Crippen molar-refractivity contribution >= 4 is 87.0 Å². The summed E-state index contributed by atoms with van der Waals surface area (Å²) in [6.07, 6.45) is -1.95. The lowest BCUT2D eigenvalue weighted by Gasteiger charge is -2.19. The van der Waals surface area contributed by atoms with Gasteiger partial charge in [0.25, 0.3) is 0 Å². The lowest BCUT2D eigenvalue weighted by Crippen LogP contribution is -2.34. The molecule has 62 heavy (non-hydrogen) atoms. The Morgan fingerprint density at radius 2 is 1.10 bits per heavy atom. The van der Waals surface area contributed by atoms with Gasteiger partial charge in [-0.05, 0) is 45.7 Å². The Balaban J connectivity index is 0.000000430. The molecule has 336 valence electrons. The molecule has 0 saturated carbocycles. The molecule has 0 aliphatic rings. The minimum atomic E-state index is -0.744. The zero-order valence-electron chi connectivity index (χ0n) is 34.6. The number of hydrogen-bond donors (Lipinski definition) is 4. The van der Waals surface area contributed by atoms with Crippen LogP contribution in [0.1, 0.15) is 57.1 Å². The maximum absolute atomic E-state index is 12.3. The van der Waals surface area contributed by atoms with E-state index in [0.717, 1.165) is 33.8 Å². The average Bonchev–Trinajstić information content (AvgIpc) is 3.89. The highest BCUT2D eigenvalue weighted by Gasteiger charge is 2.22. The van der Waals surface area contributed by atoms with Crippen molar-refractivity contribution in [3.63, 3.8) is 0 Å². The molecule has 0 aliphatic heterocycles. The fraction of sp³-hybridized carbons (Fsp3) is 0.359. The van der Waals surface area contributed by atoms with Crippen molar-refractivity contribution in [3.8, 4) is 0 Å². The van der Waals surface area contributed by atoms with E-state index in [2.05, 4.69) is 36.2 Å². The van der Waals surface area contributed by atoms with E-state index in [1.54, 1.807) is 40.0 Å². The van der Waals surface area contributed by atoms with Crippen LogP contribution >= 0.6 is 35.1 Å². The van der Waals surface area contributed by atoms with Crippen LogP contribution in [-0.2, 0) is 56.2 Å². The topological polar surface area (TPSA) is 263 Å². The maximum atomic E-state index is 12.3. The van der Waals surface area contributed by atoms with Gasteiger partial charge in [-0.2, -0.15) is 0 Å². The third kappa shape index (κ3) is 20.3. The van der Waals surface area contributed by atoms with Gasteiger partial charge in [-0.25, -0.2) is 33.9 Å². The van der Waals surface area contributed by atoms with Crippen LogP contribution in [-0.4, -0.2) is 96.7 Å². The molecule has 0 atom stereocenters. The van der Waals surface area contributed by atoms with Crippen LogP contribution in [0.25, 0.3) is 0 Å². The van der Waals surface area contributed by atoms with Crippen LogP contribution in [0.5, 0.6) is 0 Å². The quantitative estimate of drug-likeness (QED) is 0.0266. The van der Waals surface area contributed by atoms with Gasteiger partial charge in [0.05, 0.1) is 19.8 Å². The van der Waals surface area contributed by atoms with Gasteiger partial charge in [-0.3, -0.25) is 10.6 Å². The monoisotopic (exact) mass is 920 g/mol. The van der Waals surface area contributed by atoms with Crippen LogP contribution in [0.4, 0.5) is 24.6 Å². The van der Waals surface area contributed by atoms with Gasteiger partial charge in [0.2, 0.25) is 11.4 Å². The third-order valence-corrected chi connectivity index (χ3v) is 8.17. The molecule has 3 amide bonds. The highest BCUT2D eigenvalue weighted by Crippen LogP contribution is 2.19. The number of alkyl carbamates (subject to hydrolysis) is 1. The van der Waals surface area contributed by atoms with Crippen molar-refractivity contribution in [2.45, 2.75) is 53.4 Å². The van der Waals surface area contributed by atoms with Crippen molar-refractivity contribution in [2.24, 2.45) is 16.0 Å². The summed E-state index contributed by atoms with van der Waals surface area (Å²) in [6.45, 7) is 9.57. The highest BCUT2D eigenvalue weighted by molar-refractivity contribution is 7.14. The number of anilines is 2. The number of ether oxygens (including phenoxy) is 5. The van der Waals surface area contributed by atoms with E-state index in [0.29, 0.717) is 0 Å². The summed E-state index contributed by atoms with van der Waals surface area (Å²) in [5.74, 6) is -1.43. The lowest BCUT2D eigenvalue weighted by atomic mass is 10.2. The summed E-state index contributed by atoms with van der Waals surface area (Å²) < 4.78 is 25.3. The number of rotatable bonds is 19. The number of nitrogens with zero attached hydrogens (tertiary/aromatic N) is 4. The number of carbonyl (C=O) groups excluding carboxylic acids is 5. The van der Waals surface area contributed by atoms with Crippen molar-refractivity contribution in [1.82, 2.24) is 15.3 Å².